The number of imide groups is 1. The molecule has 0 unspecified atom stereocenters. The van der Waals surface area contributed by atoms with Crippen LogP contribution in [0.3, 0.4) is 0 Å². The number of carbonyl (C=O) groups is 3. The number of phenols is 1. The van der Waals surface area contributed by atoms with E-state index in [0.29, 0.717) is 30.5 Å². The molecule has 9 nitrogen and oxygen atoms in total. The Morgan fingerprint density at radius 3 is 2.36 bits per heavy atom. The van der Waals surface area contributed by atoms with Gasteiger partial charge in [0.05, 0.1) is 11.7 Å². The average molecular weight is 568 g/mol. The molecule has 4 N–H and O–H groups in total. The number of nitrogens with one attached hydrogen (secondary N) is 1. The summed E-state index contributed by atoms with van der Waals surface area (Å²) in [6.45, 7) is 6.37. The van der Waals surface area contributed by atoms with Crippen LogP contribution < -0.4 is 11.1 Å². The van der Waals surface area contributed by atoms with Crippen molar-refractivity contribution in [1.82, 2.24) is 20.1 Å². The molecular formula is C33H37N5O4. The molecule has 42 heavy (non-hydrogen) atoms. The van der Waals surface area contributed by atoms with Crippen LogP contribution in [0.25, 0.3) is 11.3 Å². The molecule has 9 heteroatoms. The highest BCUT2D eigenvalue weighted by atomic mass is 16.3. The van der Waals surface area contributed by atoms with Gasteiger partial charge in [-0.1, -0.05) is 45.0 Å². The molecule has 0 bridgehead atoms. The van der Waals surface area contributed by atoms with Crippen molar-refractivity contribution < 1.29 is 19.5 Å². The third kappa shape index (κ3) is 7.98. The molecule has 0 radical (unpaired) electrons. The van der Waals surface area contributed by atoms with Crippen molar-refractivity contribution in [3.8, 4) is 17.0 Å². The van der Waals surface area contributed by atoms with Crippen LogP contribution in [-0.2, 0) is 27.8 Å². The first kappa shape index (κ1) is 30.3. The van der Waals surface area contributed by atoms with Gasteiger partial charge in [0.15, 0.2) is 0 Å². The number of nitrogens with two attached hydrogens (primary N) is 1. The Kier molecular flexibility index (Phi) is 9.64. The van der Waals surface area contributed by atoms with E-state index in [1.165, 1.54) is 16.8 Å². The first-order valence-electron chi connectivity index (χ1n) is 14.0. The summed E-state index contributed by atoms with van der Waals surface area (Å²) in [6.07, 6.45) is 5.40. The number of benzene rings is 2. The van der Waals surface area contributed by atoms with Gasteiger partial charge in [-0.3, -0.25) is 24.7 Å². The summed E-state index contributed by atoms with van der Waals surface area (Å²) >= 11 is 0. The van der Waals surface area contributed by atoms with E-state index in [9.17, 15) is 19.5 Å². The van der Waals surface area contributed by atoms with E-state index >= 15 is 0 Å². The van der Waals surface area contributed by atoms with E-state index in [1.807, 2.05) is 42.5 Å². The summed E-state index contributed by atoms with van der Waals surface area (Å²) in [7, 11) is 0. The Labute approximate surface area is 245 Å². The molecule has 2 aromatic heterocycles. The highest BCUT2D eigenvalue weighted by Crippen LogP contribution is 2.24. The van der Waals surface area contributed by atoms with Gasteiger partial charge in [0.1, 0.15) is 5.75 Å². The number of hydrogen-bond donors (Lipinski definition) is 3. The van der Waals surface area contributed by atoms with Crippen LogP contribution in [0.1, 0.15) is 67.2 Å². The predicted octanol–water partition coefficient (Wildman–Crippen LogP) is 4.56. The lowest BCUT2D eigenvalue weighted by molar-refractivity contribution is -0.131. The third-order valence-corrected chi connectivity index (χ3v) is 7.01. The van der Waals surface area contributed by atoms with Crippen LogP contribution in [-0.4, -0.2) is 43.6 Å². The standard InChI is InChI=1S/C33H37N5O4/c1-33(2,3)25-14-12-23(13-15-25)32(42)38-26(20-29(37-38)24-7-6-18-35-21-24)8-4-5-9-30(40)36-31(41)28(34)19-22-10-16-27(39)17-11-22/h6-7,10-18,20-21,28,39H,4-5,8-9,19,34H2,1-3H3,(H,36,40,41)/t28-/m0/s1. The number of nitrogens with zero attached hydrogens (tertiary/aromatic N) is 3. The zero-order valence-electron chi connectivity index (χ0n) is 24.2. The van der Waals surface area contributed by atoms with Gasteiger partial charge in [-0.15, -0.1) is 0 Å². The van der Waals surface area contributed by atoms with Crippen molar-refractivity contribution in [2.24, 2.45) is 5.73 Å². The highest BCUT2D eigenvalue weighted by Gasteiger charge is 2.20. The molecule has 0 aliphatic carbocycles. The molecule has 0 aliphatic rings. The van der Waals surface area contributed by atoms with Crippen LogP contribution in [0.15, 0.2) is 79.1 Å². The summed E-state index contributed by atoms with van der Waals surface area (Å²) in [5, 5.41) is 16.4. The normalized spacial score (nSPS) is 12.1. The zero-order valence-corrected chi connectivity index (χ0v) is 24.2. The second-order valence-electron chi connectivity index (χ2n) is 11.4. The van der Waals surface area contributed by atoms with E-state index < -0.39 is 17.9 Å². The lowest BCUT2D eigenvalue weighted by Gasteiger charge is -2.19. The molecule has 1 atom stereocenters. The van der Waals surface area contributed by atoms with Crippen molar-refractivity contribution in [1.29, 1.82) is 0 Å². The summed E-state index contributed by atoms with van der Waals surface area (Å²) in [6, 6.07) is 18.7. The Bertz CT molecular complexity index is 1520. The maximum absolute atomic E-state index is 13.5. The van der Waals surface area contributed by atoms with Gasteiger partial charge in [-0.2, -0.15) is 5.10 Å². The topological polar surface area (TPSA) is 140 Å². The van der Waals surface area contributed by atoms with Gasteiger partial charge < -0.3 is 10.8 Å². The SMILES string of the molecule is CC(C)(C)c1ccc(C(=O)n2nc(-c3cccnc3)cc2CCCCC(=O)NC(=O)[C@@H](N)Cc2ccc(O)cc2)cc1. The van der Waals surface area contributed by atoms with E-state index in [4.69, 9.17) is 5.73 Å². The fourth-order valence-electron chi connectivity index (χ4n) is 4.53. The number of unbranched alkanes of at least 4 members (excludes halogenated alkanes) is 1. The summed E-state index contributed by atoms with van der Waals surface area (Å²) in [5.74, 6) is -1.05. The van der Waals surface area contributed by atoms with Gasteiger partial charge in [-0.25, -0.2) is 4.68 Å². The number of amides is 2. The molecule has 2 aromatic carbocycles. The van der Waals surface area contributed by atoms with Gasteiger partial charge in [0.2, 0.25) is 11.8 Å². The lowest BCUT2D eigenvalue weighted by atomic mass is 9.87. The van der Waals surface area contributed by atoms with Crippen LogP contribution in [0.4, 0.5) is 0 Å². The average Bonchev–Trinajstić information content (AvgIpc) is 3.40. The van der Waals surface area contributed by atoms with Crippen LogP contribution in [0, 0.1) is 0 Å². The molecule has 218 valence electrons. The molecule has 2 heterocycles. The van der Waals surface area contributed by atoms with E-state index in [-0.39, 0.29) is 29.9 Å². The summed E-state index contributed by atoms with van der Waals surface area (Å²) in [5.41, 5.74) is 10.6. The van der Waals surface area contributed by atoms with E-state index in [0.717, 1.165) is 22.4 Å². The minimum atomic E-state index is -0.887. The van der Waals surface area contributed by atoms with Crippen molar-refractivity contribution in [3.05, 3.63) is 102 Å². The molecule has 0 saturated heterocycles. The minimum Gasteiger partial charge on any atom is -0.508 e. The van der Waals surface area contributed by atoms with Crippen molar-refractivity contribution >= 4 is 17.7 Å². The predicted molar refractivity (Wildman–Crippen MR) is 161 cm³/mol. The number of hydrogen-bond acceptors (Lipinski definition) is 7. The molecule has 0 aliphatic heterocycles. The summed E-state index contributed by atoms with van der Waals surface area (Å²) < 4.78 is 1.43. The Morgan fingerprint density at radius 2 is 1.71 bits per heavy atom. The first-order chi connectivity index (χ1) is 20.0. The number of carbonyl (C=O) groups excluding carboxylic acids is 3. The number of aryl methyl sites for hydroxylation is 1. The second kappa shape index (κ2) is 13.4. The number of pyridine rings is 1. The molecule has 0 saturated carbocycles. The Morgan fingerprint density at radius 1 is 1.00 bits per heavy atom. The molecule has 2 amide bonds. The summed E-state index contributed by atoms with van der Waals surface area (Å²) in [4.78, 5) is 42.5. The van der Waals surface area contributed by atoms with Gasteiger partial charge in [0, 0.05) is 35.6 Å². The monoisotopic (exact) mass is 567 g/mol. The zero-order chi connectivity index (χ0) is 30.3. The number of rotatable bonds is 10. The van der Waals surface area contributed by atoms with Crippen molar-refractivity contribution in [2.75, 3.05) is 0 Å². The fraction of sp³-hybridized carbons (Fsp3) is 0.303. The molecule has 0 fully saturated rings. The van der Waals surface area contributed by atoms with E-state index in [1.54, 1.807) is 24.5 Å². The highest BCUT2D eigenvalue weighted by molar-refractivity contribution is 5.98. The van der Waals surface area contributed by atoms with Crippen LogP contribution in [0.2, 0.25) is 0 Å². The quantitative estimate of drug-likeness (QED) is 0.239. The Balaban J connectivity index is 1.37. The van der Waals surface area contributed by atoms with E-state index in [2.05, 4.69) is 36.2 Å². The Hall–Kier alpha value is -4.63. The molecule has 4 rings (SSSR count). The number of aromatic hydroxyl groups is 1. The molecular weight excluding hydrogens is 530 g/mol. The largest absolute Gasteiger partial charge is 0.508 e. The second-order valence-corrected chi connectivity index (χ2v) is 11.4. The minimum absolute atomic E-state index is 0.0271. The lowest BCUT2D eigenvalue weighted by Crippen LogP contribution is -2.44. The molecule has 4 aromatic rings. The van der Waals surface area contributed by atoms with Gasteiger partial charge in [-0.05, 0) is 84.7 Å². The van der Waals surface area contributed by atoms with Crippen molar-refractivity contribution in [2.45, 2.75) is 64.3 Å². The van der Waals surface area contributed by atoms with Crippen LogP contribution in [0.5, 0.6) is 5.75 Å². The smallest absolute Gasteiger partial charge is 0.278 e. The third-order valence-electron chi connectivity index (χ3n) is 7.01. The number of aromatic nitrogens is 3. The maximum Gasteiger partial charge on any atom is 0.278 e. The van der Waals surface area contributed by atoms with Crippen molar-refractivity contribution in [3.63, 3.8) is 0 Å². The van der Waals surface area contributed by atoms with Gasteiger partial charge >= 0.3 is 0 Å². The van der Waals surface area contributed by atoms with Gasteiger partial charge in [0.25, 0.3) is 5.91 Å². The van der Waals surface area contributed by atoms with Crippen LogP contribution >= 0.6 is 0 Å². The maximum atomic E-state index is 13.5. The molecule has 0 spiro atoms. The fourth-order valence-corrected chi connectivity index (χ4v) is 4.53. The number of phenolic OH excluding ortho intramolecular Hbond substituents is 1. The first-order valence-corrected chi connectivity index (χ1v) is 14.0.